The van der Waals surface area contributed by atoms with Gasteiger partial charge in [0.15, 0.2) is 0 Å². The van der Waals surface area contributed by atoms with Gasteiger partial charge in [0.05, 0.1) is 28.0 Å². The van der Waals surface area contributed by atoms with Crippen molar-refractivity contribution in [1.29, 1.82) is 0 Å². The average Bonchev–Trinajstić information content (AvgIpc) is 3.56. The molecule has 2 heterocycles. The number of nitrogens with zero attached hydrogens (tertiary/aromatic N) is 1. The summed E-state index contributed by atoms with van der Waals surface area (Å²) >= 11 is 1.15. The first-order valence-corrected chi connectivity index (χ1v) is 16.4. The van der Waals surface area contributed by atoms with E-state index in [1.54, 1.807) is 46.7 Å². The second-order valence-corrected chi connectivity index (χ2v) is 13.2. The van der Waals surface area contributed by atoms with E-state index in [1.807, 2.05) is 19.1 Å². The van der Waals surface area contributed by atoms with Crippen LogP contribution in [0.1, 0.15) is 39.2 Å². The van der Waals surface area contributed by atoms with E-state index in [9.17, 15) is 31.2 Å². The van der Waals surface area contributed by atoms with Crippen molar-refractivity contribution < 1.29 is 35.9 Å². The number of hydrogen-bond donors (Lipinski definition) is 2. The standard InChI is InChI=1S/C32H30F3N3O5S2/c1-21-7-12-29(45(41,42)37-30(39)28-6-3-17-44-28)27(18-21)23-10-8-22(9-11-23)20-43-26-13-15-38(16-14-26)31(40)36-25-5-2-4-24(19-25)32(33,34)35/h2-12,17-19,26H,13-16,20H2,1H3,(H,36,40)(H,37,39). The second kappa shape index (κ2) is 13.4. The van der Waals surface area contributed by atoms with E-state index in [1.165, 1.54) is 18.2 Å². The topological polar surface area (TPSA) is 105 Å². The third-order valence-corrected chi connectivity index (χ3v) is 9.58. The minimum Gasteiger partial charge on any atom is -0.373 e. The zero-order valence-corrected chi connectivity index (χ0v) is 25.8. The van der Waals surface area contributed by atoms with Crippen LogP contribution in [-0.4, -0.2) is 44.4 Å². The van der Waals surface area contributed by atoms with Crippen molar-refractivity contribution in [3.8, 4) is 11.1 Å². The molecule has 13 heteroatoms. The summed E-state index contributed by atoms with van der Waals surface area (Å²) in [6.45, 7) is 2.94. The van der Waals surface area contributed by atoms with Crippen molar-refractivity contribution in [3.63, 3.8) is 0 Å². The highest BCUT2D eigenvalue weighted by atomic mass is 32.2. The molecule has 3 aromatic carbocycles. The monoisotopic (exact) mass is 657 g/mol. The summed E-state index contributed by atoms with van der Waals surface area (Å²) < 4.78 is 73.5. The third kappa shape index (κ3) is 8.10. The summed E-state index contributed by atoms with van der Waals surface area (Å²) in [5, 5.41) is 4.23. The number of alkyl halides is 3. The predicted molar refractivity (Wildman–Crippen MR) is 165 cm³/mol. The van der Waals surface area contributed by atoms with Gasteiger partial charge >= 0.3 is 12.2 Å². The second-order valence-electron chi connectivity index (χ2n) is 10.6. The van der Waals surface area contributed by atoms with Gasteiger partial charge in [-0.15, -0.1) is 11.3 Å². The Bertz CT molecular complexity index is 1770. The number of likely N-dealkylation sites (tertiary alicyclic amines) is 1. The maximum absolute atomic E-state index is 13.2. The molecule has 4 aromatic rings. The summed E-state index contributed by atoms with van der Waals surface area (Å²) in [5.41, 5.74) is 2.09. The summed E-state index contributed by atoms with van der Waals surface area (Å²) in [4.78, 5) is 26.9. The smallest absolute Gasteiger partial charge is 0.373 e. The molecule has 0 aliphatic carbocycles. The lowest BCUT2D eigenvalue weighted by molar-refractivity contribution is -0.137. The fourth-order valence-electron chi connectivity index (χ4n) is 4.93. The van der Waals surface area contributed by atoms with Gasteiger partial charge in [0.1, 0.15) is 0 Å². The Morgan fingerprint density at radius 3 is 2.38 bits per heavy atom. The first kappa shape index (κ1) is 32.2. The van der Waals surface area contributed by atoms with Crippen LogP contribution in [0.3, 0.4) is 0 Å². The van der Waals surface area contributed by atoms with Gasteiger partial charge in [0.25, 0.3) is 15.9 Å². The van der Waals surface area contributed by atoms with Crippen LogP contribution in [0.2, 0.25) is 0 Å². The molecule has 1 aliphatic rings. The molecule has 1 saturated heterocycles. The fourth-order valence-corrected chi connectivity index (χ4v) is 6.80. The van der Waals surface area contributed by atoms with Gasteiger partial charge in [-0.25, -0.2) is 17.9 Å². The summed E-state index contributed by atoms with van der Waals surface area (Å²) in [6.07, 6.45) is -3.47. The number of carbonyl (C=O) groups excluding carboxylic acids is 2. The van der Waals surface area contributed by atoms with Crippen LogP contribution in [-0.2, 0) is 27.5 Å². The van der Waals surface area contributed by atoms with E-state index in [4.69, 9.17) is 4.74 Å². The number of rotatable bonds is 8. The SMILES string of the molecule is Cc1ccc(S(=O)(=O)NC(=O)c2cccs2)c(-c2ccc(COC3CCN(C(=O)Nc4cccc(C(F)(F)F)c4)CC3)cc2)c1. The Kier molecular flexibility index (Phi) is 9.61. The van der Waals surface area contributed by atoms with Crippen LogP contribution >= 0.6 is 11.3 Å². The summed E-state index contributed by atoms with van der Waals surface area (Å²) in [7, 11) is -4.15. The van der Waals surface area contributed by atoms with E-state index >= 15 is 0 Å². The quantitative estimate of drug-likeness (QED) is 0.211. The molecular weight excluding hydrogens is 627 g/mol. The molecule has 8 nitrogen and oxygen atoms in total. The molecule has 0 bridgehead atoms. The molecule has 3 amide bonds. The van der Waals surface area contributed by atoms with E-state index in [-0.39, 0.29) is 16.7 Å². The van der Waals surface area contributed by atoms with E-state index in [2.05, 4.69) is 10.0 Å². The third-order valence-electron chi connectivity index (χ3n) is 7.32. The van der Waals surface area contributed by atoms with Gasteiger partial charge in [-0.2, -0.15) is 13.2 Å². The molecule has 0 atom stereocenters. The van der Waals surface area contributed by atoms with Crippen LogP contribution in [0.15, 0.2) is 89.1 Å². The highest BCUT2D eigenvalue weighted by Crippen LogP contribution is 2.31. The molecule has 0 spiro atoms. The van der Waals surface area contributed by atoms with Crippen LogP contribution in [0, 0.1) is 6.92 Å². The maximum atomic E-state index is 13.2. The Morgan fingerprint density at radius 2 is 1.71 bits per heavy atom. The molecule has 1 fully saturated rings. The molecule has 5 rings (SSSR count). The molecule has 1 aromatic heterocycles. The molecule has 0 radical (unpaired) electrons. The van der Waals surface area contributed by atoms with Gasteiger partial charge in [-0.3, -0.25) is 4.79 Å². The van der Waals surface area contributed by atoms with E-state index in [0.717, 1.165) is 34.6 Å². The van der Waals surface area contributed by atoms with Gasteiger partial charge in [-0.1, -0.05) is 54.1 Å². The van der Waals surface area contributed by atoms with Gasteiger partial charge in [0, 0.05) is 24.3 Å². The van der Waals surface area contributed by atoms with Gasteiger partial charge in [-0.05, 0) is 66.6 Å². The maximum Gasteiger partial charge on any atom is 0.416 e. The molecular formula is C32H30F3N3O5S2. The Morgan fingerprint density at radius 1 is 0.978 bits per heavy atom. The summed E-state index contributed by atoms with van der Waals surface area (Å²) in [6, 6.07) is 19.5. The first-order chi connectivity index (χ1) is 21.4. The van der Waals surface area contributed by atoms with Crippen molar-refractivity contribution in [3.05, 3.63) is 106 Å². The van der Waals surface area contributed by atoms with Gasteiger partial charge in [0.2, 0.25) is 0 Å². The number of aryl methyl sites for hydroxylation is 1. The Balaban J connectivity index is 1.16. The highest BCUT2D eigenvalue weighted by molar-refractivity contribution is 7.90. The van der Waals surface area contributed by atoms with E-state index < -0.39 is 33.7 Å². The number of nitrogens with one attached hydrogen (secondary N) is 2. The van der Waals surface area contributed by atoms with E-state index in [0.29, 0.717) is 48.5 Å². The van der Waals surface area contributed by atoms with Crippen LogP contribution < -0.4 is 10.0 Å². The van der Waals surface area contributed by atoms with Crippen LogP contribution in [0.4, 0.5) is 23.7 Å². The molecule has 1 aliphatic heterocycles. The lowest BCUT2D eigenvalue weighted by atomic mass is 10.0. The fraction of sp³-hybridized carbons (Fsp3) is 0.250. The van der Waals surface area contributed by atoms with Crippen molar-refractivity contribution in [1.82, 2.24) is 9.62 Å². The van der Waals surface area contributed by atoms with Crippen molar-refractivity contribution in [2.24, 2.45) is 0 Å². The number of amides is 3. The number of piperidine rings is 1. The molecule has 0 unspecified atom stereocenters. The largest absolute Gasteiger partial charge is 0.416 e. The Hall–Kier alpha value is -4.20. The number of halogens is 3. The number of ether oxygens (including phenoxy) is 1. The minimum absolute atomic E-state index is 0.00846. The number of benzene rings is 3. The molecule has 236 valence electrons. The lowest BCUT2D eigenvalue weighted by Gasteiger charge is -2.32. The van der Waals surface area contributed by atoms with Gasteiger partial charge < -0.3 is 15.0 Å². The Labute approximate surface area is 262 Å². The summed E-state index contributed by atoms with van der Waals surface area (Å²) in [5.74, 6) is -0.689. The molecule has 45 heavy (non-hydrogen) atoms. The number of urea groups is 1. The zero-order chi connectivity index (χ0) is 32.2. The van der Waals surface area contributed by atoms with Crippen molar-refractivity contribution in [2.75, 3.05) is 18.4 Å². The number of carbonyl (C=O) groups is 2. The average molecular weight is 658 g/mol. The normalized spacial score (nSPS) is 14.3. The van der Waals surface area contributed by atoms with Crippen LogP contribution in [0.25, 0.3) is 11.1 Å². The number of thiophene rings is 1. The van der Waals surface area contributed by atoms with Crippen molar-refractivity contribution >= 4 is 39.0 Å². The number of anilines is 1. The highest BCUT2D eigenvalue weighted by Gasteiger charge is 2.31. The zero-order valence-electron chi connectivity index (χ0n) is 24.1. The first-order valence-electron chi connectivity index (χ1n) is 14.0. The number of hydrogen-bond acceptors (Lipinski definition) is 6. The number of sulfonamides is 1. The minimum atomic E-state index is -4.50. The van der Waals surface area contributed by atoms with Crippen molar-refractivity contribution in [2.45, 2.75) is 43.5 Å². The molecule has 0 saturated carbocycles. The lowest BCUT2D eigenvalue weighted by Crippen LogP contribution is -2.43. The molecule has 2 N–H and O–H groups in total. The van der Waals surface area contributed by atoms with Crippen LogP contribution in [0.5, 0.6) is 0 Å². The predicted octanol–water partition coefficient (Wildman–Crippen LogP) is 7.07.